The molecule has 0 bridgehead atoms. The fourth-order valence-corrected chi connectivity index (χ4v) is 5.17. The van der Waals surface area contributed by atoms with Gasteiger partial charge in [-0.25, -0.2) is 4.79 Å². The van der Waals surface area contributed by atoms with Gasteiger partial charge in [-0.1, -0.05) is 19.1 Å². The highest BCUT2D eigenvalue weighted by molar-refractivity contribution is 5.81. The monoisotopic (exact) mass is 440 g/mol. The number of nitrogens with one attached hydrogen (secondary N) is 1. The molecule has 1 heterocycles. The van der Waals surface area contributed by atoms with E-state index >= 15 is 0 Å². The Hall–Kier alpha value is -2.45. The van der Waals surface area contributed by atoms with E-state index in [9.17, 15) is 22.8 Å². The van der Waals surface area contributed by atoms with Crippen molar-refractivity contribution in [3.05, 3.63) is 29.8 Å². The van der Waals surface area contributed by atoms with E-state index in [1.807, 2.05) is 4.90 Å². The van der Waals surface area contributed by atoms with Crippen LogP contribution in [0.25, 0.3) is 0 Å². The van der Waals surface area contributed by atoms with E-state index in [0.717, 1.165) is 5.56 Å². The van der Waals surface area contributed by atoms with Gasteiger partial charge in [0.25, 0.3) is 0 Å². The van der Waals surface area contributed by atoms with Crippen LogP contribution in [0.3, 0.4) is 0 Å². The van der Waals surface area contributed by atoms with E-state index in [4.69, 9.17) is 4.74 Å². The average molecular weight is 440 g/mol. The summed E-state index contributed by atoms with van der Waals surface area (Å²) in [4.78, 5) is 26.4. The number of carbonyl (C=O) groups excluding carboxylic acids is 2. The molecule has 2 amide bonds. The highest BCUT2D eigenvalue weighted by Crippen LogP contribution is 2.68. The Bertz CT molecular complexity index is 851. The Morgan fingerprint density at radius 2 is 1.84 bits per heavy atom. The number of halogens is 3. The molecule has 2 aliphatic carbocycles. The summed E-state index contributed by atoms with van der Waals surface area (Å²) in [5.74, 6) is 0.354. The zero-order valence-electron chi connectivity index (χ0n) is 17.7. The molecule has 1 aliphatic heterocycles. The average Bonchev–Trinajstić information content (AvgIpc) is 3.01. The number of alkyl halides is 3. The van der Waals surface area contributed by atoms with Crippen LogP contribution in [0.1, 0.15) is 45.1 Å². The standard InChI is InChI=1S/C22H27F3N2O4/c1-12(2)30-20(29)26-15-8-14(9-15)19(28)27-10-17-18(21(17,3)11-27)13-4-6-16(7-5-13)31-22(23,24)25/h4-7,12,14-15,17-18H,8-11H2,1-3H3,(H,26,29)/t14-,15+,17-,18-,21-/m0/s1. The van der Waals surface area contributed by atoms with Crippen molar-refractivity contribution in [2.45, 2.75) is 58.0 Å². The predicted molar refractivity (Wildman–Crippen MR) is 105 cm³/mol. The Morgan fingerprint density at radius 3 is 2.35 bits per heavy atom. The van der Waals surface area contributed by atoms with E-state index < -0.39 is 12.5 Å². The highest BCUT2D eigenvalue weighted by Gasteiger charge is 2.67. The molecule has 0 aromatic heterocycles. The fraction of sp³-hybridized carbons (Fsp3) is 0.636. The number of fused-ring (bicyclic) bond motifs is 1. The quantitative estimate of drug-likeness (QED) is 0.750. The molecule has 170 valence electrons. The molecule has 3 fully saturated rings. The summed E-state index contributed by atoms with van der Waals surface area (Å²) in [6.07, 6.45) is -4.09. The van der Waals surface area contributed by atoms with Crippen molar-refractivity contribution in [1.82, 2.24) is 10.2 Å². The summed E-state index contributed by atoms with van der Waals surface area (Å²) in [7, 11) is 0. The van der Waals surface area contributed by atoms with Gasteiger partial charge in [0.1, 0.15) is 5.75 Å². The molecule has 4 rings (SSSR count). The number of rotatable bonds is 5. The van der Waals surface area contributed by atoms with Crippen molar-refractivity contribution in [2.75, 3.05) is 13.1 Å². The van der Waals surface area contributed by atoms with Crippen molar-refractivity contribution in [3.8, 4) is 5.75 Å². The number of ether oxygens (including phenoxy) is 2. The molecule has 31 heavy (non-hydrogen) atoms. The van der Waals surface area contributed by atoms with Gasteiger partial charge < -0.3 is 19.7 Å². The summed E-state index contributed by atoms with van der Waals surface area (Å²) in [5.41, 5.74) is 0.926. The highest BCUT2D eigenvalue weighted by atomic mass is 19.4. The Labute approximate surface area is 179 Å². The van der Waals surface area contributed by atoms with Crippen LogP contribution >= 0.6 is 0 Å². The van der Waals surface area contributed by atoms with Crippen molar-refractivity contribution in [2.24, 2.45) is 17.3 Å². The summed E-state index contributed by atoms with van der Waals surface area (Å²) in [5, 5.41) is 2.78. The number of hydrogen-bond donors (Lipinski definition) is 1. The van der Waals surface area contributed by atoms with E-state index in [0.29, 0.717) is 31.8 Å². The second-order valence-corrected chi connectivity index (χ2v) is 9.39. The van der Waals surface area contributed by atoms with Crippen LogP contribution in [0.4, 0.5) is 18.0 Å². The number of nitrogens with zero attached hydrogens (tertiary/aromatic N) is 1. The lowest BCUT2D eigenvalue weighted by atomic mass is 9.79. The molecule has 3 atom stereocenters. The largest absolute Gasteiger partial charge is 0.573 e. The zero-order chi connectivity index (χ0) is 22.6. The van der Waals surface area contributed by atoms with E-state index in [1.54, 1.807) is 26.0 Å². The second kappa shape index (κ2) is 7.60. The molecule has 1 N–H and O–H groups in total. The minimum absolute atomic E-state index is 0.0295. The maximum atomic E-state index is 12.8. The molecule has 0 radical (unpaired) electrons. The first-order valence-electron chi connectivity index (χ1n) is 10.6. The van der Waals surface area contributed by atoms with Gasteiger partial charge >= 0.3 is 12.5 Å². The lowest BCUT2D eigenvalue weighted by Crippen LogP contribution is -2.50. The van der Waals surface area contributed by atoms with Crippen LogP contribution in [-0.2, 0) is 9.53 Å². The van der Waals surface area contributed by atoms with Crippen LogP contribution in [-0.4, -0.2) is 48.5 Å². The van der Waals surface area contributed by atoms with E-state index in [2.05, 4.69) is 17.0 Å². The van der Waals surface area contributed by atoms with Gasteiger partial charge in [-0.15, -0.1) is 13.2 Å². The Balaban J connectivity index is 1.26. The minimum atomic E-state index is -4.70. The molecule has 0 unspecified atom stereocenters. The van der Waals surface area contributed by atoms with Gasteiger partial charge in [0.2, 0.25) is 5.91 Å². The van der Waals surface area contributed by atoms with Crippen molar-refractivity contribution < 1.29 is 32.2 Å². The van der Waals surface area contributed by atoms with Crippen LogP contribution in [0.15, 0.2) is 24.3 Å². The number of hydrogen-bond acceptors (Lipinski definition) is 4. The molecule has 2 saturated carbocycles. The third-order valence-electron chi connectivity index (χ3n) is 6.74. The summed E-state index contributed by atoms with van der Waals surface area (Å²) in [6, 6.07) is 6.02. The van der Waals surface area contributed by atoms with Crippen LogP contribution in [0.5, 0.6) is 5.75 Å². The maximum Gasteiger partial charge on any atom is 0.573 e. The van der Waals surface area contributed by atoms with Crippen molar-refractivity contribution in [1.29, 1.82) is 0 Å². The van der Waals surface area contributed by atoms with Gasteiger partial charge in [0.15, 0.2) is 0 Å². The zero-order valence-corrected chi connectivity index (χ0v) is 17.7. The molecule has 9 heteroatoms. The first kappa shape index (κ1) is 21.8. The van der Waals surface area contributed by atoms with E-state index in [-0.39, 0.29) is 41.1 Å². The normalized spacial score (nSPS) is 31.6. The number of benzene rings is 1. The van der Waals surface area contributed by atoms with Gasteiger partial charge in [0.05, 0.1) is 6.10 Å². The van der Waals surface area contributed by atoms with Gasteiger partial charge in [-0.3, -0.25) is 4.79 Å². The third-order valence-corrected chi connectivity index (χ3v) is 6.74. The maximum absolute atomic E-state index is 12.8. The molecular formula is C22H27F3N2O4. The predicted octanol–water partition coefficient (Wildman–Crippen LogP) is 4.06. The molecule has 6 nitrogen and oxygen atoms in total. The summed E-state index contributed by atoms with van der Waals surface area (Å²) >= 11 is 0. The Morgan fingerprint density at radius 1 is 1.19 bits per heavy atom. The molecule has 1 aromatic rings. The Kier molecular flexibility index (Phi) is 5.34. The molecule has 3 aliphatic rings. The lowest BCUT2D eigenvalue weighted by molar-refractivity contribution is -0.274. The number of piperidine rings is 1. The SMILES string of the molecule is CC(C)OC(=O)N[C@H]1C[C@@H](C(=O)N2C[C@H]3[C@H](c4ccc(OC(F)(F)F)cc4)[C@@]3(C)C2)C1. The lowest BCUT2D eigenvalue weighted by Gasteiger charge is -2.37. The molecule has 0 spiro atoms. The summed E-state index contributed by atoms with van der Waals surface area (Å²) in [6.45, 7) is 6.99. The minimum Gasteiger partial charge on any atom is -0.447 e. The fourth-order valence-electron chi connectivity index (χ4n) is 5.17. The van der Waals surface area contributed by atoms with Crippen LogP contribution in [0.2, 0.25) is 0 Å². The van der Waals surface area contributed by atoms with Crippen molar-refractivity contribution >= 4 is 12.0 Å². The van der Waals surface area contributed by atoms with Crippen LogP contribution < -0.4 is 10.1 Å². The van der Waals surface area contributed by atoms with E-state index in [1.165, 1.54) is 12.1 Å². The van der Waals surface area contributed by atoms with Gasteiger partial charge in [-0.05, 0) is 61.6 Å². The molecule has 1 aromatic carbocycles. The van der Waals surface area contributed by atoms with Gasteiger partial charge in [0, 0.05) is 25.0 Å². The van der Waals surface area contributed by atoms with Gasteiger partial charge in [-0.2, -0.15) is 0 Å². The smallest absolute Gasteiger partial charge is 0.447 e. The first-order valence-corrected chi connectivity index (χ1v) is 10.6. The summed E-state index contributed by atoms with van der Waals surface area (Å²) < 4.78 is 46.0. The number of amides is 2. The molecular weight excluding hydrogens is 413 g/mol. The third kappa shape index (κ3) is 4.45. The topological polar surface area (TPSA) is 67.9 Å². The number of likely N-dealkylation sites (tertiary alicyclic amines) is 1. The molecule has 1 saturated heterocycles. The number of alkyl carbamates (subject to hydrolysis) is 1. The first-order chi connectivity index (χ1) is 14.5. The van der Waals surface area contributed by atoms with Crippen LogP contribution in [0, 0.1) is 17.3 Å². The second-order valence-electron chi connectivity index (χ2n) is 9.39. The number of carbonyl (C=O) groups is 2. The van der Waals surface area contributed by atoms with Crippen molar-refractivity contribution in [3.63, 3.8) is 0 Å².